The molecule has 3 aromatic heterocycles. The van der Waals surface area contributed by atoms with Crippen LogP contribution in [0.15, 0.2) is 42.9 Å². The molecule has 0 bridgehead atoms. The molecule has 2 fully saturated rings. The number of urea groups is 1. The van der Waals surface area contributed by atoms with Crippen LogP contribution in [0.4, 0.5) is 22.1 Å². The summed E-state index contributed by atoms with van der Waals surface area (Å²) in [7, 11) is 1.68. The fraction of sp³-hybridized carbons (Fsp3) is 0.440. The number of nitrogens with one attached hydrogen (secondary N) is 1. The van der Waals surface area contributed by atoms with Gasteiger partial charge in [-0.3, -0.25) is 14.6 Å². The molecule has 3 aromatic rings. The fourth-order valence-corrected chi connectivity index (χ4v) is 4.79. The highest BCUT2D eigenvalue weighted by atomic mass is 16.2. The van der Waals surface area contributed by atoms with Gasteiger partial charge in [-0.25, -0.2) is 14.8 Å². The maximum absolute atomic E-state index is 13.3. The van der Waals surface area contributed by atoms with E-state index in [1.165, 1.54) is 0 Å². The Hall–Kier alpha value is -4.02. The fourth-order valence-electron chi connectivity index (χ4n) is 4.79. The molecule has 0 spiro atoms. The van der Waals surface area contributed by atoms with Crippen LogP contribution in [-0.4, -0.2) is 69.9 Å². The van der Waals surface area contributed by atoms with E-state index in [0.29, 0.717) is 30.4 Å². The molecule has 5 rings (SSSR count). The summed E-state index contributed by atoms with van der Waals surface area (Å²) in [4.78, 5) is 40.1. The first-order valence-corrected chi connectivity index (χ1v) is 12.3. The minimum absolute atomic E-state index is 0.0625. The van der Waals surface area contributed by atoms with Gasteiger partial charge in [0.15, 0.2) is 5.82 Å². The monoisotopic (exact) mass is 489 g/mol. The molecule has 2 aliphatic rings. The van der Waals surface area contributed by atoms with Gasteiger partial charge in [0.2, 0.25) is 5.91 Å². The highest BCUT2D eigenvalue weighted by molar-refractivity contribution is 6.05. The molecule has 0 radical (unpaired) electrons. The summed E-state index contributed by atoms with van der Waals surface area (Å²) in [5.74, 6) is 2.29. The number of pyridine rings is 2. The SMILES string of the molecule is CNC(=O)C1CCN(c2ccc(N3CCN(c4cccc(-c5nncn5C(C)C)n4)C3=O)cn2)CC1. The van der Waals surface area contributed by atoms with Crippen molar-refractivity contribution in [2.75, 3.05) is 47.9 Å². The zero-order chi connectivity index (χ0) is 25.2. The van der Waals surface area contributed by atoms with Crippen molar-refractivity contribution in [2.45, 2.75) is 32.7 Å². The number of piperidine rings is 1. The first-order chi connectivity index (χ1) is 17.5. The summed E-state index contributed by atoms with van der Waals surface area (Å²) < 4.78 is 1.96. The third kappa shape index (κ3) is 4.48. The lowest BCUT2D eigenvalue weighted by Crippen LogP contribution is -2.40. The van der Waals surface area contributed by atoms with Gasteiger partial charge in [0, 0.05) is 45.2 Å². The van der Waals surface area contributed by atoms with Crippen LogP contribution < -0.4 is 20.0 Å². The number of hydrogen-bond acceptors (Lipinski definition) is 7. The molecule has 3 amide bonds. The minimum Gasteiger partial charge on any atom is -0.359 e. The van der Waals surface area contributed by atoms with E-state index in [9.17, 15) is 9.59 Å². The van der Waals surface area contributed by atoms with E-state index >= 15 is 0 Å². The summed E-state index contributed by atoms with van der Waals surface area (Å²) in [6.07, 6.45) is 5.05. The topological polar surface area (TPSA) is 112 Å². The second-order valence-electron chi connectivity index (χ2n) is 9.37. The maximum atomic E-state index is 13.3. The summed E-state index contributed by atoms with van der Waals surface area (Å²) in [5, 5.41) is 11.0. The molecule has 11 nitrogen and oxygen atoms in total. The van der Waals surface area contributed by atoms with Crippen molar-refractivity contribution in [3.05, 3.63) is 42.9 Å². The van der Waals surface area contributed by atoms with Crippen LogP contribution in [0, 0.1) is 5.92 Å². The van der Waals surface area contributed by atoms with Gasteiger partial charge in [-0.05, 0) is 51.0 Å². The minimum atomic E-state index is -0.133. The van der Waals surface area contributed by atoms with E-state index in [1.807, 2.05) is 34.9 Å². The lowest BCUT2D eigenvalue weighted by atomic mass is 9.96. The number of hydrogen-bond donors (Lipinski definition) is 1. The van der Waals surface area contributed by atoms with Gasteiger partial charge in [0.25, 0.3) is 0 Å². The van der Waals surface area contributed by atoms with E-state index < -0.39 is 0 Å². The van der Waals surface area contributed by atoms with Gasteiger partial charge in [0.05, 0.1) is 11.9 Å². The van der Waals surface area contributed by atoms with Crippen LogP contribution in [0.2, 0.25) is 0 Å². The molecule has 2 aliphatic heterocycles. The number of nitrogens with zero attached hydrogens (tertiary/aromatic N) is 8. The first-order valence-electron chi connectivity index (χ1n) is 12.3. The molecule has 36 heavy (non-hydrogen) atoms. The Balaban J connectivity index is 1.27. The molecule has 5 heterocycles. The second kappa shape index (κ2) is 9.92. The Kier molecular flexibility index (Phi) is 6.53. The average molecular weight is 490 g/mol. The van der Waals surface area contributed by atoms with E-state index in [2.05, 4.69) is 39.2 Å². The van der Waals surface area contributed by atoms with Crippen LogP contribution in [0.3, 0.4) is 0 Å². The van der Waals surface area contributed by atoms with Crippen molar-refractivity contribution in [1.82, 2.24) is 30.0 Å². The number of carbonyl (C=O) groups is 2. The van der Waals surface area contributed by atoms with Gasteiger partial charge < -0.3 is 14.8 Å². The summed E-state index contributed by atoms with van der Waals surface area (Å²) in [5.41, 5.74) is 1.43. The quantitative estimate of drug-likeness (QED) is 0.567. The largest absolute Gasteiger partial charge is 0.359 e. The van der Waals surface area contributed by atoms with Crippen LogP contribution >= 0.6 is 0 Å². The van der Waals surface area contributed by atoms with Crippen LogP contribution in [0.25, 0.3) is 11.5 Å². The predicted molar refractivity (Wildman–Crippen MR) is 137 cm³/mol. The molecule has 188 valence electrons. The second-order valence-corrected chi connectivity index (χ2v) is 9.37. The molecule has 0 atom stereocenters. The molecule has 0 aliphatic carbocycles. The molecule has 2 saturated heterocycles. The summed E-state index contributed by atoms with van der Waals surface area (Å²) in [6.45, 7) is 6.77. The van der Waals surface area contributed by atoms with Gasteiger partial charge >= 0.3 is 6.03 Å². The van der Waals surface area contributed by atoms with Crippen molar-refractivity contribution >= 4 is 29.3 Å². The third-order valence-corrected chi connectivity index (χ3v) is 6.86. The summed E-state index contributed by atoms with van der Waals surface area (Å²) in [6, 6.07) is 9.55. The lowest BCUT2D eigenvalue weighted by molar-refractivity contribution is -0.125. The van der Waals surface area contributed by atoms with Gasteiger partial charge in [-0.15, -0.1) is 10.2 Å². The molecule has 0 unspecified atom stereocenters. The van der Waals surface area contributed by atoms with Crippen LogP contribution in [0.5, 0.6) is 0 Å². The van der Waals surface area contributed by atoms with Crippen LogP contribution in [-0.2, 0) is 4.79 Å². The highest BCUT2D eigenvalue weighted by Crippen LogP contribution is 2.28. The van der Waals surface area contributed by atoms with Crippen molar-refractivity contribution in [1.29, 1.82) is 0 Å². The van der Waals surface area contributed by atoms with Crippen molar-refractivity contribution in [2.24, 2.45) is 5.92 Å². The van der Waals surface area contributed by atoms with E-state index in [-0.39, 0.29) is 23.9 Å². The van der Waals surface area contributed by atoms with E-state index in [1.54, 1.807) is 29.4 Å². The van der Waals surface area contributed by atoms with Gasteiger partial charge in [-0.2, -0.15) is 0 Å². The Morgan fingerprint density at radius 3 is 2.50 bits per heavy atom. The predicted octanol–water partition coefficient (Wildman–Crippen LogP) is 2.73. The Labute approximate surface area is 210 Å². The third-order valence-electron chi connectivity index (χ3n) is 6.86. The first kappa shape index (κ1) is 23.7. The number of carbonyl (C=O) groups excluding carboxylic acids is 2. The average Bonchev–Trinajstić information content (AvgIpc) is 3.56. The number of aromatic nitrogens is 5. The molecule has 0 saturated carbocycles. The van der Waals surface area contributed by atoms with Crippen molar-refractivity contribution in [3.63, 3.8) is 0 Å². The summed E-state index contributed by atoms with van der Waals surface area (Å²) >= 11 is 0. The zero-order valence-electron chi connectivity index (χ0n) is 20.8. The highest BCUT2D eigenvalue weighted by Gasteiger charge is 2.32. The van der Waals surface area contributed by atoms with E-state index in [0.717, 1.165) is 37.4 Å². The van der Waals surface area contributed by atoms with E-state index in [4.69, 9.17) is 4.98 Å². The van der Waals surface area contributed by atoms with Crippen molar-refractivity contribution in [3.8, 4) is 11.5 Å². The molecule has 0 aromatic carbocycles. The Morgan fingerprint density at radius 2 is 1.81 bits per heavy atom. The molecular formula is C25H31N9O2. The van der Waals surface area contributed by atoms with Crippen LogP contribution in [0.1, 0.15) is 32.7 Å². The smallest absolute Gasteiger partial charge is 0.330 e. The number of amides is 3. The molecule has 11 heteroatoms. The Morgan fingerprint density at radius 1 is 1.03 bits per heavy atom. The standard InChI is InChI=1S/C25H31N9O2/c1-17(2)34-16-28-30-23(34)20-5-4-6-22(29-20)33-14-13-32(25(33)36)19-7-8-21(27-15-19)31-11-9-18(10-12-31)24(35)26-3/h4-8,15-18H,9-14H2,1-3H3,(H,26,35). The maximum Gasteiger partial charge on any atom is 0.330 e. The number of rotatable bonds is 6. The normalized spacial score (nSPS) is 16.8. The number of anilines is 3. The van der Waals surface area contributed by atoms with Crippen molar-refractivity contribution < 1.29 is 9.59 Å². The molecular weight excluding hydrogens is 458 g/mol. The lowest BCUT2D eigenvalue weighted by Gasteiger charge is -2.32. The van der Waals surface area contributed by atoms with Gasteiger partial charge in [0.1, 0.15) is 23.7 Å². The Bertz CT molecular complexity index is 1230. The molecule has 1 N–H and O–H groups in total. The zero-order valence-corrected chi connectivity index (χ0v) is 20.8. The van der Waals surface area contributed by atoms with Gasteiger partial charge in [-0.1, -0.05) is 6.07 Å².